The second-order valence-corrected chi connectivity index (χ2v) is 12.5. The molecule has 0 spiro atoms. The first-order valence-electron chi connectivity index (χ1n) is 16.0. The number of benzene rings is 1. The normalized spacial score (nSPS) is 29.3. The maximum absolute atomic E-state index is 13.8. The molecule has 216 valence electrons. The Hall–Kier alpha value is -2.37. The van der Waals surface area contributed by atoms with Crippen molar-refractivity contribution in [3.8, 4) is 0 Å². The lowest BCUT2D eigenvalue weighted by Crippen LogP contribution is -2.43. The zero-order valence-corrected chi connectivity index (χ0v) is 24.5. The van der Waals surface area contributed by atoms with Gasteiger partial charge in [-0.2, -0.15) is 0 Å². The largest absolute Gasteiger partial charge is 0.349 e. The molecule has 0 atom stereocenters. The fourth-order valence-corrected chi connectivity index (χ4v) is 7.10. The number of hydrogen-bond acceptors (Lipinski definition) is 3. The van der Waals surface area contributed by atoms with Crippen LogP contribution in [0.5, 0.6) is 0 Å². The number of carbonyl (C=O) groups excluding carboxylic acids is 3. The van der Waals surface area contributed by atoms with Gasteiger partial charge in [0.05, 0.1) is 16.7 Å². The van der Waals surface area contributed by atoms with Crippen LogP contribution in [0.1, 0.15) is 148 Å². The van der Waals surface area contributed by atoms with Gasteiger partial charge in [0.25, 0.3) is 17.7 Å². The smallest absolute Gasteiger partial charge is 0.253 e. The minimum atomic E-state index is -0.296. The van der Waals surface area contributed by atoms with Crippen molar-refractivity contribution < 1.29 is 14.4 Å². The predicted octanol–water partition coefficient (Wildman–Crippen LogP) is 6.78. The molecule has 3 aliphatic rings. The van der Waals surface area contributed by atoms with Crippen LogP contribution in [0.3, 0.4) is 0 Å². The van der Waals surface area contributed by atoms with E-state index in [1.54, 1.807) is 18.2 Å². The van der Waals surface area contributed by atoms with E-state index in [0.29, 0.717) is 11.1 Å². The molecule has 0 bridgehead atoms. The molecule has 0 radical (unpaired) electrons. The summed E-state index contributed by atoms with van der Waals surface area (Å²) in [5.41, 5.74) is 0.860. The minimum absolute atomic E-state index is 0.0842. The van der Waals surface area contributed by atoms with Crippen molar-refractivity contribution in [2.24, 2.45) is 17.8 Å². The first-order chi connectivity index (χ1) is 18.9. The van der Waals surface area contributed by atoms with Gasteiger partial charge in [-0.3, -0.25) is 14.4 Å². The lowest BCUT2D eigenvalue weighted by molar-refractivity contribution is 0.0872. The lowest BCUT2D eigenvalue weighted by Gasteiger charge is -2.30. The first-order valence-corrected chi connectivity index (χ1v) is 16.0. The van der Waals surface area contributed by atoms with E-state index in [-0.39, 0.29) is 41.4 Å². The van der Waals surface area contributed by atoms with Crippen LogP contribution in [0.4, 0.5) is 0 Å². The van der Waals surface area contributed by atoms with Crippen molar-refractivity contribution in [2.45, 2.75) is 135 Å². The SMILES string of the molecule is CCC1CCC(NC(=O)c2cccc(C(=O)NC3CCC(CC)CC3)c2C(=O)NC2CCC(CC)CC2)CC1. The molecule has 0 heterocycles. The summed E-state index contributed by atoms with van der Waals surface area (Å²) in [4.78, 5) is 40.9. The molecule has 6 nitrogen and oxygen atoms in total. The van der Waals surface area contributed by atoms with Gasteiger partial charge in [0.15, 0.2) is 0 Å². The second kappa shape index (κ2) is 14.3. The Balaban J connectivity index is 1.52. The molecule has 3 N–H and O–H groups in total. The predicted molar refractivity (Wildman–Crippen MR) is 157 cm³/mol. The fourth-order valence-electron chi connectivity index (χ4n) is 7.10. The zero-order chi connectivity index (χ0) is 27.8. The molecule has 0 unspecified atom stereocenters. The van der Waals surface area contributed by atoms with Crippen LogP contribution in [-0.2, 0) is 0 Å². The minimum Gasteiger partial charge on any atom is -0.349 e. The lowest BCUT2D eigenvalue weighted by atomic mass is 9.84. The number of amides is 3. The van der Waals surface area contributed by atoms with E-state index < -0.39 is 0 Å². The van der Waals surface area contributed by atoms with Crippen LogP contribution in [0, 0.1) is 17.8 Å². The van der Waals surface area contributed by atoms with Crippen LogP contribution < -0.4 is 16.0 Å². The fraction of sp³-hybridized carbons (Fsp3) is 0.727. The molecule has 3 amide bonds. The zero-order valence-electron chi connectivity index (χ0n) is 24.5. The molecule has 3 aliphatic carbocycles. The molecular formula is C33H51N3O3. The molecule has 39 heavy (non-hydrogen) atoms. The van der Waals surface area contributed by atoms with Gasteiger partial charge in [-0.25, -0.2) is 0 Å². The molecule has 4 rings (SSSR count). The Kier molecular flexibility index (Phi) is 10.9. The highest BCUT2D eigenvalue weighted by Gasteiger charge is 2.30. The number of rotatable bonds is 9. The highest BCUT2D eigenvalue weighted by atomic mass is 16.2. The van der Waals surface area contributed by atoms with Gasteiger partial charge in [0.2, 0.25) is 0 Å². The molecule has 0 aromatic heterocycles. The van der Waals surface area contributed by atoms with E-state index in [1.807, 2.05) is 0 Å². The Morgan fingerprint density at radius 3 is 1.15 bits per heavy atom. The van der Waals surface area contributed by atoms with E-state index in [9.17, 15) is 14.4 Å². The van der Waals surface area contributed by atoms with Crippen LogP contribution in [-0.4, -0.2) is 35.8 Å². The van der Waals surface area contributed by atoms with Crippen LogP contribution in [0.25, 0.3) is 0 Å². The molecule has 0 aliphatic heterocycles. The standard InChI is InChI=1S/C33H51N3O3/c1-4-22-10-16-25(17-11-22)34-31(37)28-8-7-9-29(32(38)35-26-18-12-23(5-2)13-19-26)30(28)33(39)36-27-20-14-24(6-3)15-21-27/h7-9,22-27H,4-6,10-21H2,1-3H3,(H,34,37)(H,35,38)(H,36,39). The Morgan fingerprint density at radius 1 is 0.538 bits per heavy atom. The summed E-state index contributed by atoms with van der Waals surface area (Å²) in [5.74, 6) is 1.42. The van der Waals surface area contributed by atoms with E-state index >= 15 is 0 Å². The molecular weight excluding hydrogens is 486 g/mol. The average molecular weight is 538 g/mol. The first kappa shape index (κ1) is 29.6. The van der Waals surface area contributed by atoms with Crippen molar-refractivity contribution in [1.29, 1.82) is 0 Å². The average Bonchev–Trinajstić information content (AvgIpc) is 2.97. The summed E-state index contributed by atoms with van der Waals surface area (Å²) >= 11 is 0. The topological polar surface area (TPSA) is 87.3 Å². The summed E-state index contributed by atoms with van der Waals surface area (Å²) in [7, 11) is 0. The van der Waals surface area contributed by atoms with Gasteiger partial charge in [-0.1, -0.05) is 46.1 Å². The third-order valence-corrected chi connectivity index (χ3v) is 10.1. The third-order valence-electron chi connectivity index (χ3n) is 10.1. The van der Waals surface area contributed by atoms with Crippen molar-refractivity contribution in [2.75, 3.05) is 0 Å². The van der Waals surface area contributed by atoms with Crippen molar-refractivity contribution >= 4 is 17.7 Å². The van der Waals surface area contributed by atoms with Crippen LogP contribution in [0.2, 0.25) is 0 Å². The maximum atomic E-state index is 13.8. The molecule has 3 fully saturated rings. The molecule has 1 aromatic rings. The summed E-state index contributed by atoms with van der Waals surface area (Å²) < 4.78 is 0. The van der Waals surface area contributed by atoms with E-state index in [1.165, 1.54) is 19.3 Å². The van der Waals surface area contributed by atoms with E-state index in [4.69, 9.17) is 0 Å². The van der Waals surface area contributed by atoms with Gasteiger partial charge in [-0.05, 0) is 107 Å². The summed E-state index contributed by atoms with van der Waals surface area (Å²) in [6.45, 7) is 6.69. The van der Waals surface area contributed by atoms with Crippen LogP contribution >= 0.6 is 0 Å². The Labute approximate surface area is 235 Å². The Bertz CT molecular complexity index is 912. The monoisotopic (exact) mass is 537 g/mol. The highest BCUT2D eigenvalue weighted by molar-refractivity contribution is 6.14. The Morgan fingerprint density at radius 2 is 0.846 bits per heavy atom. The summed E-state index contributed by atoms with van der Waals surface area (Å²) in [5, 5.41) is 9.61. The highest BCUT2D eigenvalue weighted by Crippen LogP contribution is 2.30. The van der Waals surface area contributed by atoms with Crippen molar-refractivity contribution in [3.63, 3.8) is 0 Å². The third kappa shape index (κ3) is 7.85. The van der Waals surface area contributed by atoms with Gasteiger partial charge in [-0.15, -0.1) is 0 Å². The quantitative estimate of drug-likeness (QED) is 0.324. The molecule has 1 aromatic carbocycles. The van der Waals surface area contributed by atoms with Gasteiger partial charge in [0.1, 0.15) is 0 Å². The summed E-state index contributed by atoms with van der Waals surface area (Å²) in [6, 6.07) is 5.48. The second-order valence-electron chi connectivity index (χ2n) is 12.5. The maximum Gasteiger partial charge on any atom is 0.253 e. The van der Waals surface area contributed by atoms with Gasteiger partial charge in [0, 0.05) is 18.1 Å². The molecule has 0 saturated heterocycles. The van der Waals surface area contributed by atoms with Crippen LogP contribution in [0.15, 0.2) is 18.2 Å². The van der Waals surface area contributed by atoms with E-state index in [2.05, 4.69) is 36.7 Å². The molecule has 6 heteroatoms. The molecule has 3 saturated carbocycles. The summed E-state index contributed by atoms with van der Waals surface area (Å²) in [6.07, 6.45) is 16.0. The van der Waals surface area contributed by atoms with Gasteiger partial charge >= 0.3 is 0 Å². The number of nitrogens with one attached hydrogen (secondary N) is 3. The van der Waals surface area contributed by atoms with Crippen molar-refractivity contribution in [1.82, 2.24) is 16.0 Å². The number of hydrogen-bond donors (Lipinski definition) is 3. The van der Waals surface area contributed by atoms with E-state index in [0.717, 1.165) is 94.8 Å². The van der Waals surface area contributed by atoms with Crippen molar-refractivity contribution in [3.05, 3.63) is 34.9 Å². The number of carbonyl (C=O) groups is 3. The van der Waals surface area contributed by atoms with Gasteiger partial charge < -0.3 is 16.0 Å².